The standard InChI is InChI=1S/C19H17N5O2/c20-12-6-1-3-8-14(12)23-18(25)16-10-5-11-17(22-16)19(26)24-15-9-4-2-7-13(15)21/h1-11H,20-21H2,(H,23,25)(H,24,26). The van der Waals surface area contributed by atoms with Gasteiger partial charge in [-0.15, -0.1) is 0 Å². The fourth-order valence-corrected chi connectivity index (χ4v) is 2.28. The second-order valence-corrected chi connectivity index (χ2v) is 5.49. The number of aromatic nitrogens is 1. The summed E-state index contributed by atoms with van der Waals surface area (Å²) in [5, 5.41) is 5.35. The van der Waals surface area contributed by atoms with Gasteiger partial charge in [-0.2, -0.15) is 0 Å². The Kier molecular flexibility index (Phi) is 4.80. The molecule has 130 valence electrons. The van der Waals surface area contributed by atoms with Crippen molar-refractivity contribution >= 4 is 34.6 Å². The molecule has 0 radical (unpaired) electrons. The molecule has 3 aromatic rings. The first-order valence-electron chi connectivity index (χ1n) is 7.83. The number of carbonyl (C=O) groups is 2. The van der Waals surface area contributed by atoms with Crippen molar-refractivity contribution in [3.63, 3.8) is 0 Å². The van der Waals surface area contributed by atoms with Gasteiger partial charge in [-0.1, -0.05) is 30.3 Å². The predicted molar refractivity (Wildman–Crippen MR) is 102 cm³/mol. The van der Waals surface area contributed by atoms with E-state index in [9.17, 15) is 9.59 Å². The topological polar surface area (TPSA) is 123 Å². The van der Waals surface area contributed by atoms with Gasteiger partial charge < -0.3 is 22.1 Å². The van der Waals surface area contributed by atoms with Gasteiger partial charge in [0.2, 0.25) is 0 Å². The van der Waals surface area contributed by atoms with E-state index in [1.807, 2.05) is 0 Å². The number of rotatable bonds is 4. The van der Waals surface area contributed by atoms with Crippen LogP contribution in [0.1, 0.15) is 21.0 Å². The van der Waals surface area contributed by atoms with Crippen LogP contribution in [-0.2, 0) is 0 Å². The number of para-hydroxylation sites is 4. The maximum absolute atomic E-state index is 12.4. The summed E-state index contributed by atoms with van der Waals surface area (Å²) >= 11 is 0. The summed E-state index contributed by atoms with van der Waals surface area (Å²) in [4.78, 5) is 28.9. The van der Waals surface area contributed by atoms with E-state index in [2.05, 4.69) is 15.6 Å². The van der Waals surface area contributed by atoms with Gasteiger partial charge in [0, 0.05) is 0 Å². The highest BCUT2D eigenvalue weighted by atomic mass is 16.2. The smallest absolute Gasteiger partial charge is 0.274 e. The highest BCUT2D eigenvalue weighted by Gasteiger charge is 2.14. The van der Waals surface area contributed by atoms with Crippen LogP contribution in [0.3, 0.4) is 0 Å². The molecular weight excluding hydrogens is 330 g/mol. The Labute approximate surface area is 150 Å². The molecule has 0 atom stereocenters. The highest BCUT2D eigenvalue weighted by molar-refractivity contribution is 6.07. The molecule has 6 N–H and O–H groups in total. The Bertz CT molecular complexity index is 897. The Hall–Kier alpha value is -3.87. The van der Waals surface area contributed by atoms with E-state index in [1.54, 1.807) is 54.6 Å². The van der Waals surface area contributed by atoms with E-state index in [-0.39, 0.29) is 11.4 Å². The van der Waals surface area contributed by atoms with E-state index >= 15 is 0 Å². The summed E-state index contributed by atoms with van der Waals surface area (Å²) in [6.07, 6.45) is 0. The molecule has 0 aliphatic rings. The normalized spacial score (nSPS) is 10.2. The van der Waals surface area contributed by atoms with Crippen LogP contribution in [0.25, 0.3) is 0 Å². The van der Waals surface area contributed by atoms with Gasteiger partial charge in [-0.25, -0.2) is 4.98 Å². The largest absolute Gasteiger partial charge is 0.397 e. The van der Waals surface area contributed by atoms with Gasteiger partial charge in [0.1, 0.15) is 11.4 Å². The number of nitrogens with one attached hydrogen (secondary N) is 2. The number of pyridine rings is 1. The molecule has 0 spiro atoms. The minimum absolute atomic E-state index is 0.0990. The zero-order valence-corrected chi connectivity index (χ0v) is 13.8. The van der Waals surface area contributed by atoms with Gasteiger partial charge in [-0.3, -0.25) is 9.59 Å². The predicted octanol–water partition coefficient (Wildman–Crippen LogP) is 2.75. The summed E-state index contributed by atoms with van der Waals surface area (Å²) < 4.78 is 0. The first-order chi connectivity index (χ1) is 12.5. The molecule has 2 aromatic carbocycles. The number of amides is 2. The van der Waals surface area contributed by atoms with Crippen LogP contribution in [0.5, 0.6) is 0 Å². The van der Waals surface area contributed by atoms with E-state index < -0.39 is 11.8 Å². The zero-order chi connectivity index (χ0) is 18.5. The summed E-state index contributed by atoms with van der Waals surface area (Å²) in [5.41, 5.74) is 13.7. The number of anilines is 4. The maximum atomic E-state index is 12.4. The lowest BCUT2D eigenvalue weighted by Gasteiger charge is -2.09. The van der Waals surface area contributed by atoms with Gasteiger partial charge >= 0.3 is 0 Å². The van der Waals surface area contributed by atoms with Crippen molar-refractivity contribution in [2.24, 2.45) is 0 Å². The number of nitrogens with two attached hydrogens (primary N) is 2. The minimum Gasteiger partial charge on any atom is -0.397 e. The van der Waals surface area contributed by atoms with Crippen LogP contribution in [-0.4, -0.2) is 16.8 Å². The lowest BCUT2D eigenvalue weighted by Crippen LogP contribution is -2.19. The molecule has 2 amide bonds. The van der Waals surface area contributed by atoms with Crippen molar-refractivity contribution in [3.05, 3.63) is 78.1 Å². The second-order valence-electron chi connectivity index (χ2n) is 5.49. The van der Waals surface area contributed by atoms with Crippen LogP contribution in [0.2, 0.25) is 0 Å². The van der Waals surface area contributed by atoms with Gasteiger partial charge in [-0.05, 0) is 36.4 Å². The first kappa shape index (κ1) is 17.0. The molecule has 1 aromatic heterocycles. The first-order valence-corrected chi connectivity index (χ1v) is 7.83. The third-order valence-electron chi connectivity index (χ3n) is 3.63. The SMILES string of the molecule is Nc1ccccc1NC(=O)c1cccc(C(=O)Nc2ccccc2N)n1. The van der Waals surface area contributed by atoms with Crippen molar-refractivity contribution in [2.75, 3.05) is 22.1 Å². The molecule has 0 aliphatic carbocycles. The molecular formula is C19H17N5O2. The van der Waals surface area contributed by atoms with Crippen LogP contribution in [0.15, 0.2) is 66.7 Å². The summed E-state index contributed by atoms with van der Waals surface area (Å²) in [6, 6.07) is 18.4. The molecule has 0 bridgehead atoms. The fraction of sp³-hybridized carbons (Fsp3) is 0. The van der Waals surface area contributed by atoms with E-state index in [0.29, 0.717) is 22.7 Å². The number of carbonyl (C=O) groups excluding carboxylic acids is 2. The number of hydrogen-bond acceptors (Lipinski definition) is 5. The third-order valence-corrected chi connectivity index (χ3v) is 3.63. The maximum Gasteiger partial charge on any atom is 0.274 e. The van der Waals surface area contributed by atoms with Crippen molar-refractivity contribution in [3.8, 4) is 0 Å². The van der Waals surface area contributed by atoms with Crippen molar-refractivity contribution in [2.45, 2.75) is 0 Å². The molecule has 7 heteroatoms. The summed E-state index contributed by atoms with van der Waals surface area (Å²) in [5.74, 6) is -0.923. The Morgan fingerprint density at radius 3 is 1.50 bits per heavy atom. The van der Waals surface area contributed by atoms with Gasteiger partial charge in [0.25, 0.3) is 11.8 Å². The van der Waals surface area contributed by atoms with Gasteiger partial charge in [0.05, 0.1) is 22.7 Å². The van der Waals surface area contributed by atoms with Crippen LogP contribution >= 0.6 is 0 Å². The molecule has 7 nitrogen and oxygen atoms in total. The van der Waals surface area contributed by atoms with E-state index in [4.69, 9.17) is 11.5 Å². The molecule has 0 fully saturated rings. The van der Waals surface area contributed by atoms with Crippen LogP contribution < -0.4 is 22.1 Å². The van der Waals surface area contributed by atoms with E-state index in [0.717, 1.165) is 0 Å². The Morgan fingerprint density at radius 1 is 0.654 bits per heavy atom. The number of hydrogen-bond donors (Lipinski definition) is 4. The van der Waals surface area contributed by atoms with Crippen molar-refractivity contribution < 1.29 is 9.59 Å². The zero-order valence-electron chi connectivity index (χ0n) is 13.8. The number of nitrogen functional groups attached to an aromatic ring is 2. The average Bonchev–Trinajstić information content (AvgIpc) is 2.65. The van der Waals surface area contributed by atoms with Gasteiger partial charge in [0.15, 0.2) is 0 Å². The monoisotopic (exact) mass is 347 g/mol. The molecule has 1 heterocycles. The quantitative estimate of drug-likeness (QED) is 0.540. The van der Waals surface area contributed by atoms with Crippen LogP contribution in [0, 0.1) is 0 Å². The molecule has 0 unspecified atom stereocenters. The molecule has 0 saturated carbocycles. The fourth-order valence-electron chi connectivity index (χ4n) is 2.28. The van der Waals surface area contributed by atoms with Crippen molar-refractivity contribution in [1.82, 2.24) is 4.98 Å². The molecule has 3 rings (SSSR count). The second kappa shape index (κ2) is 7.35. The average molecular weight is 347 g/mol. The van der Waals surface area contributed by atoms with Crippen molar-refractivity contribution in [1.29, 1.82) is 0 Å². The molecule has 0 saturated heterocycles. The summed E-state index contributed by atoms with van der Waals surface area (Å²) in [6.45, 7) is 0. The minimum atomic E-state index is -0.461. The van der Waals surface area contributed by atoms with E-state index in [1.165, 1.54) is 12.1 Å². The number of nitrogens with zero attached hydrogens (tertiary/aromatic N) is 1. The third kappa shape index (κ3) is 3.78. The Morgan fingerprint density at radius 2 is 1.08 bits per heavy atom. The highest BCUT2D eigenvalue weighted by Crippen LogP contribution is 2.19. The molecule has 0 aliphatic heterocycles. The number of benzene rings is 2. The summed E-state index contributed by atoms with van der Waals surface area (Å²) in [7, 11) is 0. The lowest BCUT2D eigenvalue weighted by molar-refractivity contribution is 0.101. The lowest BCUT2D eigenvalue weighted by atomic mass is 10.2. The van der Waals surface area contributed by atoms with Crippen LogP contribution in [0.4, 0.5) is 22.7 Å². The molecule has 26 heavy (non-hydrogen) atoms. The Balaban J connectivity index is 1.77.